The summed E-state index contributed by atoms with van der Waals surface area (Å²) in [6, 6.07) is 0. The van der Waals surface area contributed by atoms with Crippen molar-refractivity contribution in [1.82, 2.24) is 0 Å². The number of aliphatic hydroxyl groups is 2. The predicted molar refractivity (Wildman–Crippen MR) is 331 cm³/mol. The van der Waals surface area contributed by atoms with Crippen LogP contribution in [0.4, 0.5) is 0 Å². The van der Waals surface area contributed by atoms with Gasteiger partial charge in [-0.1, -0.05) is 227 Å². The van der Waals surface area contributed by atoms with Crippen LogP contribution in [0.2, 0.25) is 0 Å². The molecule has 6 atom stereocenters. The van der Waals surface area contributed by atoms with Crippen molar-refractivity contribution in [2.24, 2.45) is 0 Å². The molecule has 12 heteroatoms. The van der Waals surface area contributed by atoms with E-state index in [1.807, 2.05) is 6.08 Å². The molecule has 0 aromatic heterocycles. The Morgan fingerprint density at radius 1 is 0.420 bits per heavy atom. The normalized spacial score (nSPS) is 18.4. The first-order valence-electron chi connectivity index (χ1n) is 32.2. The molecule has 1 rings (SSSR count). The van der Waals surface area contributed by atoms with Crippen LogP contribution in [0, 0.1) is 0 Å². The Bertz CT molecular complexity index is 1780. The van der Waals surface area contributed by atoms with E-state index in [0.717, 1.165) is 109 Å². The van der Waals surface area contributed by atoms with E-state index in [2.05, 4.69) is 112 Å². The summed E-state index contributed by atoms with van der Waals surface area (Å²) in [7, 11) is 0. The maximum Gasteiger partial charge on any atom is 0.335 e. The third kappa shape index (κ3) is 45.8. The van der Waals surface area contributed by atoms with E-state index in [0.29, 0.717) is 25.7 Å². The molecule has 0 amide bonds. The predicted octanol–water partition coefficient (Wildman–Crippen LogP) is 17.2. The number of allylic oxidation sites excluding steroid dienone is 16. The highest BCUT2D eigenvalue weighted by Gasteiger charge is 2.50. The number of hydrogen-bond donors (Lipinski definition) is 3. The quantitative estimate of drug-likeness (QED) is 0.0228. The number of esters is 3. The molecule has 0 aliphatic carbocycles. The topological polar surface area (TPSA) is 175 Å². The number of aliphatic carboxylic acids is 1. The fourth-order valence-electron chi connectivity index (χ4n) is 9.19. The van der Waals surface area contributed by atoms with Crippen molar-refractivity contribution in [3.05, 3.63) is 97.2 Å². The van der Waals surface area contributed by atoms with Crippen LogP contribution in [-0.4, -0.2) is 89.2 Å². The lowest BCUT2D eigenvalue weighted by molar-refractivity contribution is -0.301. The first-order valence-corrected chi connectivity index (χ1v) is 32.2. The van der Waals surface area contributed by atoms with Crippen LogP contribution < -0.4 is 0 Å². The standard InChI is InChI=1S/C69H114O12/c1-4-7-10-13-16-19-22-25-28-30-31-33-36-39-42-45-48-51-54-57-63(72)80-67-65(74)64(73)66(68(75)76)81-69(67)78-59-60(79-62(71)56-53-50-47-44-41-38-34-27-24-21-18-15-12-9-6-3)58-77-61(70)55-52-49-46-43-40-37-35-32-29-26-23-20-17-14-11-8-5-2/h8,11,17-18,20-21,25-29,34-35,37,43,46,60,64-67,69,73-74H,4-7,9-10,12-16,19,22-24,30-33,36,38-42,44-45,47-59H2,1-3H3,(H,75,76)/b11-8-,20-17-,21-18-,28-25-,29-26-,34-27-,37-35-,46-43-. The number of ether oxygens (including phenoxy) is 5. The number of carbonyl (C=O) groups is 4. The van der Waals surface area contributed by atoms with Crippen molar-refractivity contribution in [1.29, 1.82) is 0 Å². The summed E-state index contributed by atoms with van der Waals surface area (Å²) in [5.41, 5.74) is 0. The highest BCUT2D eigenvalue weighted by Crippen LogP contribution is 2.26. The second-order valence-electron chi connectivity index (χ2n) is 21.7. The first kappa shape index (κ1) is 74.7. The number of aliphatic hydroxyl groups excluding tert-OH is 2. The molecule has 1 aliphatic rings. The average molecular weight is 1140 g/mol. The second kappa shape index (κ2) is 56.1. The van der Waals surface area contributed by atoms with E-state index in [1.54, 1.807) is 0 Å². The van der Waals surface area contributed by atoms with Gasteiger partial charge in [0, 0.05) is 19.3 Å². The van der Waals surface area contributed by atoms with Crippen LogP contribution in [0.3, 0.4) is 0 Å². The van der Waals surface area contributed by atoms with Crippen LogP contribution in [-0.2, 0) is 42.9 Å². The molecule has 462 valence electrons. The Morgan fingerprint density at radius 2 is 0.790 bits per heavy atom. The molecule has 1 fully saturated rings. The lowest BCUT2D eigenvalue weighted by atomic mass is 9.98. The Balaban J connectivity index is 2.70. The fourth-order valence-corrected chi connectivity index (χ4v) is 9.19. The minimum absolute atomic E-state index is 0.0478. The molecule has 1 aliphatic heterocycles. The van der Waals surface area contributed by atoms with Crippen molar-refractivity contribution in [3.63, 3.8) is 0 Å². The van der Waals surface area contributed by atoms with Crippen molar-refractivity contribution in [3.8, 4) is 0 Å². The number of unbranched alkanes of at least 4 members (excludes halogenated alkanes) is 24. The minimum Gasteiger partial charge on any atom is -0.479 e. The zero-order valence-corrected chi connectivity index (χ0v) is 51.0. The van der Waals surface area contributed by atoms with Crippen LogP contribution in [0.15, 0.2) is 97.2 Å². The summed E-state index contributed by atoms with van der Waals surface area (Å²) >= 11 is 0. The monoisotopic (exact) mass is 1130 g/mol. The van der Waals surface area contributed by atoms with Gasteiger partial charge < -0.3 is 39.0 Å². The largest absolute Gasteiger partial charge is 0.479 e. The number of carbonyl (C=O) groups excluding carboxylic acids is 3. The van der Waals surface area contributed by atoms with Gasteiger partial charge in [-0.25, -0.2) is 4.79 Å². The molecule has 1 saturated heterocycles. The average Bonchev–Trinajstić information content (AvgIpc) is 3.53. The van der Waals surface area contributed by atoms with Crippen LogP contribution in [0.25, 0.3) is 0 Å². The first-order chi connectivity index (χ1) is 39.6. The Hall–Kier alpha value is -4.36. The van der Waals surface area contributed by atoms with E-state index in [-0.39, 0.29) is 25.9 Å². The van der Waals surface area contributed by atoms with Gasteiger partial charge in [-0.05, 0) is 116 Å². The van der Waals surface area contributed by atoms with Gasteiger partial charge in [0.1, 0.15) is 18.8 Å². The molecule has 0 aromatic rings. The van der Waals surface area contributed by atoms with Gasteiger partial charge in [-0.15, -0.1) is 0 Å². The molecule has 0 spiro atoms. The summed E-state index contributed by atoms with van der Waals surface area (Å²) in [6.07, 6.45) is 62.3. The van der Waals surface area contributed by atoms with E-state index < -0.39 is 67.3 Å². The summed E-state index contributed by atoms with van der Waals surface area (Å²) < 4.78 is 28.4. The lowest BCUT2D eigenvalue weighted by Gasteiger charge is -2.40. The maximum absolute atomic E-state index is 13.2. The Morgan fingerprint density at radius 3 is 1.26 bits per heavy atom. The summed E-state index contributed by atoms with van der Waals surface area (Å²) in [5, 5.41) is 31.6. The van der Waals surface area contributed by atoms with E-state index in [4.69, 9.17) is 23.7 Å². The third-order valence-corrected chi connectivity index (χ3v) is 14.1. The Kier molecular flexibility index (Phi) is 51.7. The van der Waals surface area contributed by atoms with E-state index in [1.165, 1.54) is 89.9 Å². The molecule has 81 heavy (non-hydrogen) atoms. The van der Waals surface area contributed by atoms with Crippen LogP contribution >= 0.6 is 0 Å². The van der Waals surface area contributed by atoms with Crippen LogP contribution in [0.1, 0.15) is 265 Å². The van der Waals surface area contributed by atoms with Gasteiger partial charge >= 0.3 is 23.9 Å². The summed E-state index contributed by atoms with van der Waals surface area (Å²) in [4.78, 5) is 51.3. The number of carboxylic acid groups (broad SMARTS) is 1. The van der Waals surface area contributed by atoms with Gasteiger partial charge in [0.2, 0.25) is 0 Å². The lowest BCUT2D eigenvalue weighted by Crippen LogP contribution is -2.61. The highest BCUT2D eigenvalue weighted by atomic mass is 16.7. The van der Waals surface area contributed by atoms with E-state index >= 15 is 0 Å². The molecule has 0 aromatic carbocycles. The van der Waals surface area contributed by atoms with Crippen molar-refractivity contribution >= 4 is 23.9 Å². The Labute approximate surface area is 492 Å². The van der Waals surface area contributed by atoms with Gasteiger partial charge in [-0.2, -0.15) is 0 Å². The number of carboxylic acids is 1. The molecule has 0 radical (unpaired) electrons. The molecule has 3 N–H and O–H groups in total. The number of hydrogen-bond acceptors (Lipinski definition) is 11. The fraction of sp³-hybridized carbons (Fsp3) is 0.710. The zero-order chi connectivity index (χ0) is 58.9. The molecule has 6 unspecified atom stereocenters. The molecule has 1 heterocycles. The third-order valence-electron chi connectivity index (χ3n) is 14.1. The van der Waals surface area contributed by atoms with Crippen molar-refractivity contribution < 1.29 is 58.2 Å². The van der Waals surface area contributed by atoms with Gasteiger partial charge in [0.25, 0.3) is 0 Å². The zero-order valence-electron chi connectivity index (χ0n) is 51.0. The van der Waals surface area contributed by atoms with Gasteiger partial charge in [-0.3, -0.25) is 14.4 Å². The molecule has 0 bridgehead atoms. The smallest absolute Gasteiger partial charge is 0.335 e. The minimum atomic E-state index is -1.92. The summed E-state index contributed by atoms with van der Waals surface area (Å²) in [5.74, 6) is -3.22. The molecule has 12 nitrogen and oxygen atoms in total. The molecular formula is C69H114O12. The highest BCUT2D eigenvalue weighted by molar-refractivity contribution is 5.74. The van der Waals surface area contributed by atoms with Gasteiger partial charge in [0.05, 0.1) is 6.61 Å². The van der Waals surface area contributed by atoms with Crippen molar-refractivity contribution in [2.45, 2.75) is 302 Å². The SMILES string of the molecule is CC/C=C\C/C=C\C/C=C\C/C=C\C/C=C\CCCC(=O)OCC(COC1OC(C(=O)O)C(O)C(O)C1OC(=O)CCCCCCCCCCC/C=C\CCCCCCCC)OC(=O)CCCCCCC/C=C\C/C=C\CCCCC. The van der Waals surface area contributed by atoms with Crippen molar-refractivity contribution in [2.75, 3.05) is 13.2 Å². The molecule has 0 saturated carbocycles. The number of rotatable bonds is 54. The van der Waals surface area contributed by atoms with Crippen LogP contribution in [0.5, 0.6) is 0 Å². The molecular weight excluding hydrogens is 1020 g/mol. The second-order valence-corrected chi connectivity index (χ2v) is 21.7. The van der Waals surface area contributed by atoms with Gasteiger partial charge in [0.15, 0.2) is 24.6 Å². The summed E-state index contributed by atoms with van der Waals surface area (Å²) in [6.45, 7) is 5.81. The maximum atomic E-state index is 13.2. The van der Waals surface area contributed by atoms with E-state index in [9.17, 15) is 34.5 Å².